The molecule has 0 saturated carbocycles. The molecule has 1 aromatic heterocycles. The molecule has 0 aliphatic carbocycles. The number of hydrogen-bond donors (Lipinski definition) is 1. The topological polar surface area (TPSA) is 70.8 Å². The van der Waals surface area contributed by atoms with Gasteiger partial charge in [-0.2, -0.15) is 0 Å². The van der Waals surface area contributed by atoms with Crippen LogP contribution in [0.5, 0.6) is 5.75 Å². The largest absolute Gasteiger partial charge is 0.497 e. The molecule has 3 rings (SSSR count). The Bertz CT molecular complexity index is 717. The van der Waals surface area contributed by atoms with E-state index < -0.39 is 5.60 Å². The van der Waals surface area contributed by atoms with Crippen molar-refractivity contribution < 1.29 is 14.6 Å². The summed E-state index contributed by atoms with van der Waals surface area (Å²) in [7, 11) is 3.63. The van der Waals surface area contributed by atoms with Crippen molar-refractivity contribution in [3.05, 3.63) is 48.5 Å². The highest BCUT2D eigenvalue weighted by atomic mass is 16.5. The first-order valence-corrected chi connectivity index (χ1v) is 8.75. The second-order valence-electron chi connectivity index (χ2n) is 7.05. The highest BCUT2D eigenvalue weighted by Crippen LogP contribution is 2.23. The summed E-state index contributed by atoms with van der Waals surface area (Å²) in [4.78, 5) is 20.2. The lowest BCUT2D eigenvalue weighted by molar-refractivity contribution is -0.131. The normalized spacial score (nSPS) is 19.9. The molecule has 1 atom stereocenters. The van der Waals surface area contributed by atoms with Crippen LogP contribution in [0.3, 0.4) is 0 Å². The van der Waals surface area contributed by atoms with Crippen LogP contribution in [0, 0.1) is 0 Å². The standard InChI is InChI=1S/C19H26N4O3/c1-21(11-16-3-5-17(26-2)6-4-16)13-19(25)7-9-23(14-19)18(24)12-22-10-8-20-15-22/h3-6,8,10,15,25H,7,9,11-14H2,1-2H3/t19-/m0/s1. The number of methoxy groups -OCH3 is 1. The van der Waals surface area contributed by atoms with Crippen molar-refractivity contribution >= 4 is 5.91 Å². The van der Waals surface area contributed by atoms with Gasteiger partial charge in [-0.05, 0) is 31.2 Å². The zero-order chi connectivity index (χ0) is 18.6. The van der Waals surface area contributed by atoms with E-state index in [1.54, 1.807) is 35.3 Å². The first kappa shape index (κ1) is 18.4. The number of ether oxygens (including phenoxy) is 1. The van der Waals surface area contributed by atoms with Gasteiger partial charge in [0, 0.05) is 32.0 Å². The number of benzene rings is 1. The monoisotopic (exact) mass is 358 g/mol. The first-order chi connectivity index (χ1) is 12.5. The van der Waals surface area contributed by atoms with Crippen molar-refractivity contribution in [3.8, 4) is 5.75 Å². The van der Waals surface area contributed by atoms with Crippen LogP contribution >= 0.6 is 0 Å². The average Bonchev–Trinajstić information content (AvgIpc) is 3.25. The summed E-state index contributed by atoms with van der Waals surface area (Å²) in [5, 5.41) is 10.9. The summed E-state index contributed by atoms with van der Waals surface area (Å²) in [6, 6.07) is 7.91. The van der Waals surface area contributed by atoms with Gasteiger partial charge in [0.2, 0.25) is 5.91 Å². The zero-order valence-electron chi connectivity index (χ0n) is 15.3. The van der Waals surface area contributed by atoms with E-state index >= 15 is 0 Å². The number of likely N-dealkylation sites (N-methyl/N-ethyl adjacent to an activating group) is 1. The van der Waals surface area contributed by atoms with E-state index in [9.17, 15) is 9.90 Å². The molecule has 7 nitrogen and oxygen atoms in total. The lowest BCUT2D eigenvalue weighted by Crippen LogP contribution is -2.44. The SMILES string of the molecule is COc1ccc(CN(C)C[C@@]2(O)CCN(C(=O)Cn3ccnc3)C2)cc1. The van der Waals surface area contributed by atoms with E-state index in [0.717, 1.165) is 17.9 Å². The molecule has 1 N–H and O–H groups in total. The number of carbonyl (C=O) groups excluding carboxylic acids is 1. The summed E-state index contributed by atoms with van der Waals surface area (Å²) >= 11 is 0. The summed E-state index contributed by atoms with van der Waals surface area (Å²) in [6.45, 7) is 2.47. The lowest BCUT2D eigenvalue weighted by Gasteiger charge is -2.29. The van der Waals surface area contributed by atoms with Gasteiger partial charge in [-0.1, -0.05) is 12.1 Å². The molecule has 2 heterocycles. The van der Waals surface area contributed by atoms with Crippen LogP contribution in [0.2, 0.25) is 0 Å². The van der Waals surface area contributed by atoms with E-state index in [1.165, 1.54) is 0 Å². The van der Waals surface area contributed by atoms with Crippen molar-refractivity contribution in [2.24, 2.45) is 0 Å². The van der Waals surface area contributed by atoms with E-state index in [-0.39, 0.29) is 12.5 Å². The molecule has 140 valence electrons. The Morgan fingerprint density at radius 2 is 2.15 bits per heavy atom. The molecular weight excluding hydrogens is 332 g/mol. The van der Waals surface area contributed by atoms with Crippen LogP contribution in [-0.2, 0) is 17.9 Å². The minimum absolute atomic E-state index is 0.0109. The molecule has 1 amide bonds. The summed E-state index contributed by atoms with van der Waals surface area (Å²) in [6.07, 6.45) is 5.64. The Morgan fingerprint density at radius 1 is 1.38 bits per heavy atom. The quantitative estimate of drug-likeness (QED) is 0.799. The zero-order valence-corrected chi connectivity index (χ0v) is 15.3. The Morgan fingerprint density at radius 3 is 2.81 bits per heavy atom. The van der Waals surface area contributed by atoms with Gasteiger partial charge in [-0.25, -0.2) is 4.98 Å². The van der Waals surface area contributed by atoms with Crippen LogP contribution < -0.4 is 4.74 Å². The van der Waals surface area contributed by atoms with Crippen molar-refractivity contribution in [1.29, 1.82) is 0 Å². The molecule has 2 aromatic rings. The van der Waals surface area contributed by atoms with Crippen molar-refractivity contribution in [2.75, 3.05) is 33.8 Å². The first-order valence-electron chi connectivity index (χ1n) is 8.75. The number of aromatic nitrogens is 2. The third-order valence-corrected chi connectivity index (χ3v) is 4.74. The number of rotatable bonds is 7. The number of hydrogen-bond acceptors (Lipinski definition) is 5. The molecular formula is C19H26N4O3. The molecule has 0 spiro atoms. The van der Waals surface area contributed by atoms with E-state index in [4.69, 9.17) is 4.74 Å². The highest BCUT2D eigenvalue weighted by Gasteiger charge is 2.38. The second kappa shape index (κ2) is 7.88. The number of carbonyl (C=O) groups is 1. The molecule has 1 saturated heterocycles. The maximum absolute atomic E-state index is 12.4. The van der Waals surface area contributed by atoms with Gasteiger partial charge in [0.25, 0.3) is 0 Å². The number of amides is 1. The maximum atomic E-state index is 12.4. The Kier molecular flexibility index (Phi) is 5.58. The van der Waals surface area contributed by atoms with Gasteiger partial charge in [-0.15, -0.1) is 0 Å². The van der Waals surface area contributed by atoms with Crippen molar-refractivity contribution in [1.82, 2.24) is 19.4 Å². The van der Waals surface area contributed by atoms with E-state index in [0.29, 0.717) is 26.1 Å². The summed E-state index contributed by atoms with van der Waals surface area (Å²) in [5.74, 6) is 0.842. The molecule has 1 fully saturated rings. The van der Waals surface area contributed by atoms with Gasteiger partial charge in [0.05, 0.1) is 25.6 Å². The minimum atomic E-state index is -0.869. The van der Waals surface area contributed by atoms with Gasteiger partial charge >= 0.3 is 0 Å². The fraction of sp³-hybridized carbons (Fsp3) is 0.474. The van der Waals surface area contributed by atoms with Crippen LogP contribution in [0.15, 0.2) is 43.0 Å². The van der Waals surface area contributed by atoms with Gasteiger partial charge < -0.3 is 19.3 Å². The Balaban J connectivity index is 1.51. The van der Waals surface area contributed by atoms with E-state index in [2.05, 4.69) is 9.88 Å². The summed E-state index contributed by atoms with van der Waals surface area (Å²) in [5.41, 5.74) is 0.286. The van der Waals surface area contributed by atoms with Crippen LogP contribution in [0.25, 0.3) is 0 Å². The average molecular weight is 358 g/mol. The minimum Gasteiger partial charge on any atom is -0.497 e. The van der Waals surface area contributed by atoms with Gasteiger partial charge in [0.15, 0.2) is 0 Å². The third-order valence-electron chi connectivity index (χ3n) is 4.74. The number of aliphatic hydroxyl groups is 1. The smallest absolute Gasteiger partial charge is 0.242 e. The van der Waals surface area contributed by atoms with Crippen LogP contribution in [0.4, 0.5) is 0 Å². The number of imidazole rings is 1. The molecule has 26 heavy (non-hydrogen) atoms. The van der Waals surface area contributed by atoms with Gasteiger partial charge in [-0.3, -0.25) is 9.69 Å². The molecule has 1 aromatic carbocycles. The van der Waals surface area contributed by atoms with Crippen molar-refractivity contribution in [2.45, 2.75) is 25.1 Å². The molecule has 7 heteroatoms. The Labute approximate surface area is 153 Å². The number of β-amino-alcohol motifs (C(OH)–C–C–N with tert-alkyl or cyclic N) is 1. The predicted octanol–water partition coefficient (Wildman–Crippen LogP) is 0.987. The van der Waals surface area contributed by atoms with Gasteiger partial charge in [0.1, 0.15) is 12.3 Å². The van der Waals surface area contributed by atoms with Crippen LogP contribution in [0.1, 0.15) is 12.0 Å². The lowest BCUT2D eigenvalue weighted by atomic mass is 10.0. The molecule has 0 unspecified atom stereocenters. The maximum Gasteiger partial charge on any atom is 0.242 e. The predicted molar refractivity (Wildman–Crippen MR) is 97.7 cm³/mol. The second-order valence-corrected chi connectivity index (χ2v) is 7.05. The molecule has 0 radical (unpaired) electrons. The van der Waals surface area contributed by atoms with Crippen molar-refractivity contribution in [3.63, 3.8) is 0 Å². The third kappa shape index (κ3) is 4.62. The summed E-state index contributed by atoms with van der Waals surface area (Å²) < 4.78 is 6.92. The van der Waals surface area contributed by atoms with Crippen LogP contribution in [-0.4, -0.2) is 69.8 Å². The number of nitrogens with zero attached hydrogens (tertiary/aromatic N) is 4. The molecule has 1 aliphatic rings. The number of likely N-dealkylation sites (tertiary alicyclic amines) is 1. The fourth-order valence-electron chi connectivity index (χ4n) is 3.44. The molecule has 1 aliphatic heterocycles. The van der Waals surface area contributed by atoms with E-state index in [1.807, 2.05) is 31.3 Å². The fourth-order valence-corrected chi connectivity index (χ4v) is 3.44. The Hall–Kier alpha value is -2.38. The highest BCUT2D eigenvalue weighted by molar-refractivity contribution is 5.76. The molecule has 0 bridgehead atoms.